The van der Waals surface area contributed by atoms with Gasteiger partial charge in [-0.3, -0.25) is 4.98 Å². The molecule has 5 heteroatoms. The summed E-state index contributed by atoms with van der Waals surface area (Å²) in [5, 5.41) is 35.2. The number of hydrogen-bond acceptors (Lipinski definition) is 5. The highest BCUT2D eigenvalue weighted by Crippen LogP contribution is 2.11. The molecule has 0 amide bonds. The number of aliphatic hydroxyl groups excluding tert-OH is 4. The van der Waals surface area contributed by atoms with Crippen LogP contribution in [0.2, 0.25) is 0 Å². The summed E-state index contributed by atoms with van der Waals surface area (Å²) >= 11 is 0. The Labute approximate surface area is 111 Å². The third kappa shape index (κ3) is 4.25. The lowest BCUT2D eigenvalue weighted by atomic mass is 9.93. The number of rotatable bonds is 4. The van der Waals surface area contributed by atoms with Crippen LogP contribution in [-0.4, -0.2) is 51.8 Å². The fraction of sp³-hybridized carbons (Fsp3) is 0.357. The average molecular weight is 265 g/mol. The van der Waals surface area contributed by atoms with Crippen molar-refractivity contribution in [3.05, 3.63) is 42.6 Å². The number of para-hydroxylation sites is 1. The molecule has 1 heterocycles. The Kier molecular flexibility index (Phi) is 6.38. The molecule has 0 radical (unpaired) electrons. The van der Waals surface area contributed by atoms with E-state index in [2.05, 4.69) is 17.1 Å². The van der Waals surface area contributed by atoms with Crippen molar-refractivity contribution < 1.29 is 20.4 Å². The van der Waals surface area contributed by atoms with Crippen molar-refractivity contribution in [2.45, 2.75) is 0 Å². The van der Waals surface area contributed by atoms with E-state index >= 15 is 0 Å². The van der Waals surface area contributed by atoms with E-state index < -0.39 is 31.8 Å². The van der Waals surface area contributed by atoms with Gasteiger partial charge in [-0.25, -0.2) is 0 Å². The van der Waals surface area contributed by atoms with Crippen LogP contribution in [0.4, 0.5) is 0 Å². The minimum absolute atomic E-state index is 0.406. The summed E-state index contributed by atoms with van der Waals surface area (Å²) in [7, 11) is 0. The van der Waals surface area contributed by atoms with E-state index in [0.29, 0.717) is 0 Å². The van der Waals surface area contributed by atoms with E-state index in [4.69, 9.17) is 20.4 Å². The standard InChI is InChI=1S/C9H7N.C5H12O4/c1-2-6-9-8(4-1)5-3-7-10-9;6-1-5(2-7,3-8)4-9/h1-7H;6-9H,1-4H2. The number of aliphatic hydroxyl groups is 4. The molecule has 0 bridgehead atoms. The predicted molar refractivity (Wildman–Crippen MR) is 72.5 cm³/mol. The quantitative estimate of drug-likeness (QED) is 0.632. The molecule has 19 heavy (non-hydrogen) atoms. The van der Waals surface area contributed by atoms with Crippen LogP contribution in [0.25, 0.3) is 10.9 Å². The Morgan fingerprint density at radius 2 is 1.32 bits per heavy atom. The van der Waals surface area contributed by atoms with Gasteiger partial charge in [-0.2, -0.15) is 0 Å². The topological polar surface area (TPSA) is 93.8 Å². The van der Waals surface area contributed by atoms with Crippen molar-refractivity contribution >= 4 is 10.9 Å². The van der Waals surface area contributed by atoms with Gasteiger partial charge in [0.05, 0.1) is 37.4 Å². The summed E-state index contributed by atoms with van der Waals surface area (Å²) in [6.07, 6.45) is 1.81. The molecular formula is C14H19NO4. The maximum atomic E-state index is 8.50. The van der Waals surface area contributed by atoms with Gasteiger partial charge >= 0.3 is 0 Å². The second kappa shape index (κ2) is 7.81. The minimum atomic E-state index is -1.11. The number of pyridine rings is 1. The molecule has 0 aliphatic heterocycles. The molecule has 0 aliphatic carbocycles. The molecular weight excluding hydrogens is 246 g/mol. The van der Waals surface area contributed by atoms with E-state index in [-0.39, 0.29) is 0 Å². The average Bonchev–Trinajstić information content (AvgIpc) is 2.51. The van der Waals surface area contributed by atoms with Crippen LogP contribution in [0.15, 0.2) is 42.6 Å². The molecule has 1 aromatic carbocycles. The lowest BCUT2D eigenvalue weighted by Crippen LogP contribution is -2.37. The number of nitrogens with zero attached hydrogens (tertiary/aromatic N) is 1. The molecule has 5 nitrogen and oxygen atoms in total. The summed E-state index contributed by atoms with van der Waals surface area (Å²) < 4.78 is 0. The van der Waals surface area contributed by atoms with Crippen LogP contribution >= 0.6 is 0 Å². The SMILES string of the molecule is OCC(CO)(CO)CO.c1ccc2ncccc2c1. The van der Waals surface area contributed by atoms with E-state index in [9.17, 15) is 0 Å². The maximum absolute atomic E-state index is 8.50. The Balaban J connectivity index is 0.000000192. The van der Waals surface area contributed by atoms with Crippen LogP contribution in [0, 0.1) is 5.41 Å². The number of fused-ring (bicyclic) bond motifs is 1. The van der Waals surface area contributed by atoms with Gasteiger partial charge in [0.25, 0.3) is 0 Å². The number of benzene rings is 1. The molecule has 0 aliphatic rings. The van der Waals surface area contributed by atoms with Crippen molar-refractivity contribution in [1.29, 1.82) is 0 Å². The first-order valence-electron chi connectivity index (χ1n) is 5.94. The van der Waals surface area contributed by atoms with Crippen LogP contribution in [0.5, 0.6) is 0 Å². The summed E-state index contributed by atoms with van der Waals surface area (Å²) in [4.78, 5) is 4.18. The van der Waals surface area contributed by atoms with Gasteiger partial charge in [0.1, 0.15) is 0 Å². The minimum Gasteiger partial charge on any atom is -0.396 e. The monoisotopic (exact) mass is 265 g/mol. The first kappa shape index (κ1) is 15.5. The summed E-state index contributed by atoms with van der Waals surface area (Å²) in [6.45, 7) is -1.62. The lowest BCUT2D eigenvalue weighted by Gasteiger charge is -2.23. The summed E-state index contributed by atoms with van der Waals surface area (Å²) in [5.41, 5.74) is -0.0509. The van der Waals surface area contributed by atoms with Gasteiger partial charge < -0.3 is 20.4 Å². The second-order valence-corrected chi connectivity index (χ2v) is 4.33. The molecule has 2 rings (SSSR count). The zero-order chi connectivity index (χ0) is 14.1. The van der Waals surface area contributed by atoms with Crippen molar-refractivity contribution in [2.75, 3.05) is 26.4 Å². The largest absolute Gasteiger partial charge is 0.396 e. The van der Waals surface area contributed by atoms with Gasteiger partial charge in [0, 0.05) is 11.6 Å². The van der Waals surface area contributed by atoms with E-state index in [1.54, 1.807) is 0 Å². The van der Waals surface area contributed by atoms with Crippen LogP contribution in [0.3, 0.4) is 0 Å². The Morgan fingerprint density at radius 1 is 0.789 bits per heavy atom. The zero-order valence-corrected chi connectivity index (χ0v) is 10.6. The van der Waals surface area contributed by atoms with Crippen LogP contribution < -0.4 is 0 Å². The van der Waals surface area contributed by atoms with E-state index in [0.717, 1.165) is 5.52 Å². The van der Waals surface area contributed by atoms with Gasteiger partial charge in [-0.15, -0.1) is 0 Å². The second-order valence-electron chi connectivity index (χ2n) is 4.33. The summed E-state index contributed by atoms with van der Waals surface area (Å²) in [6, 6.07) is 12.1. The third-order valence-corrected chi connectivity index (χ3v) is 2.85. The molecule has 0 unspecified atom stereocenters. The molecule has 1 aromatic heterocycles. The molecule has 0 spiro atoms. The molecule has 0 saturated carbocycles. The molecule has 0 saturated heterocycles. The van der Waals surface area contributed by atoms with Crippen molar-refractivity contribution in [1.82, 2.24) is 4.98 Å². The van der Waals surface area contributed by atoms with Crippen molar-refractivity contribution in [3.63, 3.8) is 0 Å². The van der Waals surface area contributed by atoms with Gasteiger partial charge in [0.2, 0.25) is 0 Å². The number of aromatic nitrogens is 1. The third-order valence-electron chi connectivity index (χ3n) is 2.85. The van der Waals surface area contributed by atoms with Gasteiger partial charge in [0.15, 0.2) is 0 Å². The smallest absolute Gasteiger partial charge is 0.0701 e. The summed E-state index contributed by atoms with van der Waals surface area (Å²) in [5.74, 6) is 0. The maximum Gasteiger partial charge on any atom is 0.0701 e. The van der Waals surface area contributed by atoms with Crippen molar-refractivity contribution in [2.24, 2.45) is 5.41 Å². The highest BCUT2D eigenvalue weighted by Gasteiger charge is 2.26. The molecule has 104 valence electrons. The highest BCUT2D eigenvalue weighted by atomic mass is 16.3. The normalized spacial score (nSPS) is 10.9. The van der Waals surface area contributed by atoms with E-state index in [1.165, 1.54) is 5.39 Å². The molecule has 2 aromatic rings. The molecule has 4 N–H and O–H groups in total. The van der Waals surface area contributed by atoms with E-state index in [1.807, 2.05) is 30.5 Å². The predicted octanol–water partition coefficient (Wildman–Crippen LogP) is 0.177. The Bertz CT molecular complexity index is 403. The lowest BCUT2D eigenvalue weighted by molar-refractivity contribution is -0.0328. The number of hydrogen-bond donors (Lipinski definition) is 4. The van der Waals surface area contributed by atoms with Gasteiger partial charge in [-0.1, -0.05) is 24.3 Å². The van der Waals surface area contributed by atoms with Crippen LogP contribution in [-0.2, 0) is 0 Å². The fourth-order valence-corrected chi connectivity index (χ4v) is 1.32. The Hall–Kier alpha value is -1.53. The fourth-order valence-electron chi connectivity index (χ4n) is 1.32. The van der Waals surface area contributed by atoms with Crippen LogP contribution in [0.1, 0.15) is 0 Å². The van der Waals surface area contributed by atoms with Crippen molar-refractivity contribution in [3.8, 4) is 0 Å². The highest BCUT2D eigenvalue weighted by molar-refractivity contribution is 5.77. The van der Waals surface area contributed by atoms with Gasteiger partial charge in [-0.05, 0) is 12.1 Å². The molecule has 0 atom stereocenters. The molecule has 0 fully saturated rings. The Morgan fingerprint density at radius 3 is 1.79 bits per heavy atom. The first-order valence-corrected chi connectivity index (χ1v) is 5.94. The first-order chi connectivity index (χ1) is 9.21. The zero-order valence-electron chi connectivity index (χ0n) is 10.6.